The van der Waals surface area contributed by atoms with E-state index in [4.69, 9.17) is 14.2 Å². The fourth-order valence-electron chi connectivity index (χ4n) is 1.81. The van der Waals surface area contributed by atoms with E-state index in [1.54, 1.807) is 27.7 Å². The molecule has 6 nitrogen and oxygen atoms in total. The molecule has 0 aliphatic carbocycles. The second-order valence-corrected chi connectivity index (χ2v) is 3.91. The molecule has 0 aliphatic rings. The molecule has 0 unspecified atom stereocenters. The number of aromatic nitrogens is 3. The highest BCUT2D eigenvalue weighted by Gasteiger charge is 2.11. The van der Waals surface area contributed by atoms with Crippen LogP contribution in [-0.2, 0) is 11.3 Å². The van der Waals surface area contributed by atoms with Crippen molar-refractivity contribution in [1.82, 2.24) is 14.8 Å². The number of ether oxygens (including phenoxy) is 3. The van der Waals surface area contributed by atoms with Crippen LogP contribution < -0.4 is 9.47 Å². The SMILES string of the molecule is COCCn1cnnc1-c1ccc(OC)c(OC)c1. The van der Waals surface area contributed by atoms with Gasteiger partial charge >= 0.3 is 0 Å². The van der Waals surface area contributed by atoms with Gasteiger partial charge < -0.3 is 18.8 Å². The molecule has 0 bridgehead atoms. The van der Waals surface area contributed by atoms with Crippen LogP contribution in [0.15, 0.2) is 24.5 Å². The van der Waals surface area contributed by atoms with Crippen LogP contribution in [0.2, 0.25) is 0 Å². The summed E-state index contributed by atoms with van der Waals surface area (Å²) in [6.07, 6.45) is 1.69. The van der Waals surface area contributed by atoms with E-state index < -0.39 is 0 Å². The zero-order chi connectivity index (χ0) is 13.7. The zero-order valence-electron chi connectivity index (χ0n) is 11.3. The lowest BCUT2D eigenvalue weighted by molar-refractivity contribution is 0.187. The van der Waals surface area contributed by atoms with E-state index in [1.807, 2.05) is 22.8 Å². The van der Waals surface area contributed by atoms with Gasteiger partial charge in [-0.05, 0) is 18.2 Å². The molecule has 2 aromatic rings. The van der Waals surface area contributed by atoms with Crippen molar-refractivity contribution < 1.29 is 14.2 Å². The lowest BCUT2D eigenvalue weighted by Crippen LogP contribution is -2.05. The fraction of sp³-hybridized carbons (Fsp3) is 0.385. The molecule has 0 N–H and O–H groups in total. The van der Waals surface area contributed by atoms with Crippen LogP contribution in [0.25, 0.3) is 11.4 Å². The molecule has 0 spiro atoms. The summed E-state index contributed by atoms with van der Waals surface area (Å²) in [6.45, 7) is 1.31. The normalized spacial score (nSPS) is 10.5. The molecule has 1 aromatic heterocycles. The molecule has 0 saturated carbocycles. The minimum absolute atomic E-state index is 0.609. The Hall–Kier alpha value is -2.08. The molecular weight excluding hydrogens is 246 g/mol. The first-order chi connectivity index (χ1) is 9.30. The van der Waals surface area contributed by atoms with Crippen LogP contribution in [0.4, 0.5) is 0 Å². The standard InChI is InChI=1S/C13H17N3O3/c1-17-7-6-16-9-14-15-13(16)10-4-5-11(18-2)12(8-10)19-3/h4-5,8-9H,6-7H2,1-3H3. The molecule has 0 amide bonds. The Morgan fingerprint density at radius 2 is 1.89 bits per heavy atom. The van der Waals surface area contributed by atoms with Crippen molar-refractivity contribution in [2.75, 3.05) is 27.9 Å². The monoisotopic (exact) mass is 263 g/mol. The average molecular weight is 263 g/mol. The summed E-state index contributed by atoms with van der Waals surface area (Å²) in [5, 5.41) is 8.07. The van der Waals surface area contributed by atoms with Crippen LogP contribution in [-0.4, -0.2) is 42.7 Å². The van der Waals surface area contributed by atoms with Crippen molar-refractivity contribution >= 4 is 0 Å². The maximum Gasteiger partial charge on any atom is 0.163 e. The largest absolute Gasteiger partial charge is 0.493 e. The number of methoxy groups -OCH3 is 3. The Labute approximate surface area is 111 Å². The van der Waals surface area contributed by atoms with Gasteiger partial charge in [-0.15, -0.1) is 10.2 Å². The van der Waals surface area contributed by atoms with Crippen molar-refractivity contribution in [3.63, 3.8) is 0 Å². The average Bonchev–Trinajstić information content (AvgIpc) is 2.92. The summed E-state index contributed by atoms with van der Waals surface area (Å²) in [5.41, 5.74) is 0.922. The number of hydrogen-bond donors (Lipinski definition) is 0. The van der Waals surface area contributed by atoms with Crippen LogP contribution in [0.5, 0.6) is 11.5 Å². The van der Waals surface area contributed by atoms with Gasteiger partial charge in [0.2, 0.25) is 0 Å². The summed E-state index contributed by atoms with van der Waals surface area (Å²) >= 11 is 0. The Morgan fingerprint density at radius 1 is 1.11 bits per heavy atom. The van der Waals surface area contributed by atoms with E-state index in [9.17, 15) is 0 Å². The predicted octanol–water partition coefficient (Wildman–Crippen LogP) is 1.61. The van der Waals surface area contributed by atoms with E-state index in [2.05, 4.69) is 10.2 Å². The van der Waals surface area contributed by atoms with E-state index in [-0.39, 0.29) is 0 Å². The summed E-state index contributed by atoms with van der Waals surface area (Å²) in [4.78, 5) is 0. The molecule has 0 aliphatic heterocycles. The zero-order valence-corrected chi connectivity index (χ0v) is 11.3. The Balaban J connectivity index is 2.33. The molecule has 1 aromatic carbocycles. The molecule has 2 rings (SSSR count). The first-order valence-electron chi connectivity index (χ1n) is 5.89. The first kappa shape index (κ1) is 13.4. The van der Waals surface area contributed by atoms with Crippen molar-refractivity contribution in [1.29, 1.82) is 0 Å². The second-order valence-electron chi connectivity index (χ2n) is 3.91. The lowest BCUT2D eigenvalue weighted by Gasteiger charge is -2.10. The van der Waals surface area contributed by atoms with Gasteiger partial charge in [0.15, 0.2) is 17.3 Å². The molecule has 6 heteroatoms. The molecule has 0 fully saturated rings. The van der Waals surface area contributed by atoms with Crippen molar-refractivity contribution in [2.45, 2.75) is 6.54 Å². The Morgan fingerprint density at radius 3 is 2.58 bits per heavy atom. The molecule has 0 radical (unpaired) electrons. The highest BCUT2D eigenvalue weighted by Crippen LogP contribution is 2.31. The summed E-state index contributed by atoms with van der Waals surface area (Å²) in [7, 11) is 4.89. The van der Waals surface area contributed by atoms with Crippen LogP contribution >= 0.6 is 0 Å². The predicted molar refractivity (Wildman–Crippen MR) is 70.4 cm³/mol. The third kappa shape index (κ3) is 2.85. The van der Waals surface area contributed by atoms with Crippen LogP contribution in [0, 0.1) is 0 Å². The highest BCUT2D eigenvalue weighted by atomic mass is 16.5. The van der Waals surface area contributed by atoms with E-state index in [1.165, 1.54) is 0 Å². The van der Waals surface area contributed by atoms with Gasteiger partial charge in [-0.1, -0.05) is 0 Å². The third-order valence-corrected chi connectivity index (χ3v) is 2.79. The minimum atomic E-state index is 0.609. The molecule has 1 heterocycles. The van der Waals surface area contributed by atoms with E-state index >= 15 is 0 Å². The fourth-order valence-corrected chi connectivity index (χ4v) is 1.81. The second kappa shape index (κ2) is 6.19. The van der Waals surface area contributed by atoms with Crippen LogP contribution in [0.1, 0.15) is 0 Å². The maximum absolute atomic E-state index is 5.29. The maximum atomic E-state index is 5.29. The minimum Gasteiger partial charge on any atom is -0.493 e. The third-order valence-electron chi connectivity index (χ3n) is 2.79. The van der Waals surface area contributed by atoms with Crippen LogP contribution in [0.3, 0.4) is 0 Å². The van der Waals surface area contributed by atoms with Crippen molar-refractivity contribution in [2.24, 2.45) is 0 Å². The van der Waals surface area contributed by atoms with Gasteiger partial charge in [-0.2, -0.15) is 0 Å². The molecule has 102 valence electrons. The number of rotatable bonds is 6. The summed E-state index contributed by atoms with van der Waals surface area (Å²) < 4.78 is 17.5. The first-order valence-corrected chi connectivity index (χ1v) is 5.89. The van der Waals surface area contributed by atoms with E-state index in [0.717, 1.165) is 11.4 Å². The Bertz CT molecular complexity index is 540. The topological polar surface area (TPSA) is 58.4 Å². The van der Waals surface area contributed by atoms with Gasteiger partial charge in [0.05, 0.1) is 20.8 Å². The molecular formula is C13H17N3O3. The highest BCUT2D eigenvalue weighted by molar-refractivity contribution is 5.61. The number of hydrogen-bond acceptors (Lipinski definition) is 5. The van der Waals surface area contributed by atoms with Gasteiger partial charge in [-0.3, -0.25) is 0 Å². The lowest BCUT2D eigenvalue weighted by atomic mass is 10.2. The molecule has 19 heavy (non-hydrogen) atoms. The molecule has 0 atom stereocenters. The number of benzene rings is 1. The quantitative estimate of drug-likeness (QED) is 0.792. The van der Waals surface area contributed by atoms with Crippen molar-refractivity contribution in [3.05, 3.63) is 24.5 Å². The van der Waals surface area contributed by atoms with Gasteiger partial charge in [0.1, 0.15) is 6.33 Å². The summed E-state index contributed by atoms with van der Waals surface area (Å²) in [5.74, 6) is 2.13. The smallest absolute Gasteiger partial charge is 0.163 e. The van der Waals surface area contributed by atoms with Gasteiger partial charge in [0.25, 0.3) is 0 Å². The summed E-state index contributed by atoms with van der Waals surface area (Å²) in [6, 6.07) is 5.66. The Kier molecular flexibility index (Phi) is 4.35. The van der Waals surface area contributed by atoms with Crippen molar-refractivity contribution in [3.8, 4) is 22.9 Å². The molecule has 0 saturated heterocycles. The number of nitrogens with zero attached hydrogens (tertiary/aromatic N) is 3. The van der Waals surface area contributed by atoms with Gasteiger partial charge in [0, 0.05) is 19.2 Å². The van der Waals surface area contributed by atoms with E-state index in [0.29, 0.717) is 24.7 Å². The van der Waals surface area contributed by atoms with Gasteiger partial charge in [-0.25, -0.2) is 0 Å².